The van der Waals surface area contributed by atoms with Crippen LogP contribution in [-0.4, -0.2) is 29.4 Å². The van der Waals surface area contributed by atoms with Crippen molar-refractivity contribution in [3.8, 4) is 0 Å². The Kier molecular flexibility index (Phi) is 6.06. The zero-order chi connectivity index (χ0) is 18.5. The molecule has 2 N–H and O–H groups in total. The van der Waals surface area contributed by atoms with Gasteiger partial charge in [0.25, 0.3) is 0 Å². The maximum Gasteiger partial charge on any atom is 0.321 e. The molecule has 2 aromatic rings. The minimum absolute atomic E-state index is 0.254. The summed E-state index contributed by atoms with van der Waals surface area (Å²) in [6.07, 6.45) is 2.12. The quantitative estimate of drug-likeness (QED) is 0.844. The molecule has 2 unspecified atom stereocenters. The molecule has 3 amide bonds. The molecule has 3 rings (SSSR count). The number of carbonyl (C=O) groups excluding carboxylic acids is 2. The van der Waals surface area contributed by atoms with Gasteiger partial charge in [-0.05, 0) is 50.9 Å². The first-order chi connectivity index (χ1) is 12.5. The lowest BCUT2D eigenvalue weighted by atomic mass is 10.1. The zero-order valence-corrected chi connectivity index (χ0v) is 16.0. The van der Waals surface area contributed by atoms with Crippen molar-refractivity contribution in [3.05, 3.63) is 57.8 Å². The number of urea groups is 1. The van der Waals surface area contributed by atoms with E-state index in [1.165, 1.54) is 9.75 Å². The number of rotatable bonds is 5. The van der Waals surface area contributed by atoms with Crippen LogP contribution in [0.3, 0.4) is 0 Å². The lowest BCUT2D eigenvalue weighted by Gasteiger charge is -2.29. The van der Waals surface area contributed by atoms with Crippen LogP contribution in [-0.2, 0) is 11.3 Å². The van der Waals surface area contributed by atoms with Crippen LogP contribution in [0.25, 0.3) is 0 Å². The van der Waals surface area contributed by atoms with E-state index in [4.69, 9.17) is 0 Å². The predicted molar refractivity (Wildman–Crippen MR) is 104 cm³/mol. The Morgan fingerprint density at radius 1 is 1.23 bits per heavy atom. The highest BCUT2D eigenvalue weighted by Gasteiger charge is 2.34. The number of amides is 3. The van der Waals surface area contributed by atoms with Gasteiger partial charge < -0.3 is 5.32 Å². The Balaban J connectivity index is 1.54. The number of carbonyl (C=O) groups is 2. The average molecular weight is 372 g/mol. The molecule has 1 aromatic heterocycles. The molecule has 2 atom stereocenters. The first kappa shape index (κ1) is 18.6. The van der Waals surface area contributed by atoms with Gasteiger partial charge in [-0.1, -0.05) is 30.3 Å². The molecule has 138 valence electrons. The van der Waals surface area contributed by atoms with Crippen molar-refractivity contribution in [2.24, 2.45) is 0 Å². The van der Waals surface area contributed by atoms with Gasteiger partial charge in [-0.25, -0.2) is 4.79 Å². The van der Waals surface area contributed by atoms with Crippen molar-refractivity contribution in [2.45, 2.75) is 45.3 Å². The summed E-state index contributed by atoms with van der Waals surface area (Å²) in [6, 6.07) is 13.4. The topological polar surface area (TPSA) is 61.4 Å². The number of hydrogen-bond acceptors (Lipinski definition) is 4. The molecule has 0 saturated carbocycles. The third-order valence-corrected chi connectivity index (χ3v) is 5.90. The fourth-order valence-electron chi connectivity index (χ4n) is 3.38. The fraction of sp³-hybridized carbons (Fsp3) is 0.400. The van der Waals surface area contributed by atoms with Crippen LogP contribution in [0.1, 0.15) is 41.1 Å². The van der Waals surface area contributed by atoms with Gasteiger partial charge in [0.1, 0.15) is 0 Å². The van der Waals surface area contributed by atoms with Gasteiger partial charge >= 0.3 is 6.03 Å². The number of nitrogens with zero attached hydrogens (tertiary/aromatic N) is 1. The summed E-state index contributed by atoms with van der Waals surface area (Å²) in [5.41, 5.74) is 0.996. The van der Waals surface area contributed by atoms with Gasteiger partial charge in [-0.2, -0.15) is 0 Å². The summed E-state index contributed by atoms with van der Waals surface area (Å²) in [6.45, 7) is 5.25. The van der Waals surface area contributed by atoms with E-state index in [2.05, 4.69) is 34.6 Å². The Bertz CT molecular complexity index is 759. The first-order valence-electron chi connectivity index (χ1n) is 8.99. The van der Waals surface area contributed by atoms with Crippen molar-refractivity contribution >= 4 is 23.3 Å². The maximum atomic E-state index is 12.5. The van der Waals surface area contributed by atoms with Gasteiger partial charge in [0.15, 0.2) is 0 Å². The SMILES string of the molecule is Cc1ccc(C2CCCN2C(C)C(=O)NC(=O)NCc2ccccc2)s1. The van der Waals surface area contributed by atoms with E-state index in [1.807, 2.05) is 37.3 Å². The molecule has 0 radical (unpaired) electrons. The maximum absolute atomic E-state index is 12.5. The van der Waals surface area contributed by atoms with Crippen molar-refractivity contribution in [1.29, 1.82) is 0 Å². The molecular weight excluding hydrogens is 346 g/mol. The van der Waals surface area contributed by atoms with Crippen LogP contribution < -0.4 is 10.6 Å². The van der Waals surface area contributed by atoms with E-state index in [0.29, 0.717) is 6.54 Å². The zero-order valence-electron chi connectivity index (χ0n) is 15.2. The number of likely N-dealkylation sites (tertiary alicyclic amines) is 1. The molecule has 5 nitrogen and oxygen atoms in total. The van der Waals surface area contributed by atoms with Crippen LogP contribution in [0.15, 0.2) is 42.5 Å². The summed E-state index contributed by atoms with van der Waals surface area (Å²) >= 11 is 1.78. The third kappa shape index (κ3) is 4.51. The van der Waals surface area contributed by atoms with Gasteiger partial charge in [0, 0.05) is 22.3 Å². The lowest BCUT2D eigenvalue weighted by molar-refractivity contribution is -0.125. The van der Waals surface area contributed by atoms with E-state index in [0.717, 1.165) is 24.9 Å². The molecule has 1 fully saturated rings. The van der Waals surface area contributed by atoms with E-state index in [1.54, 1.807) is 11.3 Å². The van der Waals surface area contributed by atoms with Crippen LogP contribution >= 0.6 is 11.3 Å². The third-order valence-electron chi connectivity index (χ3n) is 4.79. The summed E-state index contributed by atoms with van der Waals surface area (Å²) in [7, 11) is 0. The number of benzene rings is 1. The van der Waals surface area contributed by atoms with Crippen molar-refractivity contribution < 1.29 is 9.59 Å². The molecule has 26 heavy (non-hydrogen) atoms. The van der Waals surface area contributed by atoms with E-state index >= 15 is 0 Å². The lowest BCUT2D eigenvalue weighted by Crippen LogP contribution is -2.49. The molecule has 2 heterocycles. The standard InChI is InChI=1S/C20H25N3O2S/c1-14-10-11-18(26-14)17-9-6-12-23(17)15(2)19(24)22-20(25)21-13-16-7-4-3-5-8-16/h3-5,7-8,10-11,15,17H,6,9,12-13H2,1-2H3,(H2,21,22,24,25). The Hall–Kier alpha value is -2.18. The number of imide groups is 1. The average Bonchev–Trinajstić information content (AvgIpc) is 3.28. The largest absolute Gasteiger partial charge is 0.334 e. The molecule has 1 aliphatic heterocycles. The fourth-order valence-corrected chi connectivity index (χ4v) is 4.41. The smallest absolute Gasteiger partial charge is 0.321 e. The Morgan fingerprint density at radius 2 is 2.00 bits per heavy atom. The minimum atomic E-state index is -0.451. The Labute approximate surface area is 158 Å². The van der Waals surface area contributed by atoms with Crippen LogP contribution in [0.4, 0.5) is 4.79 Å². The summed E-state index contributed by atoms with van der Waals surface area (Å²) < 4.78 is 0. The highest BCUT2D eigenvalue weighted by atomic mass is 32.1. The van der Waals surface area contributed by atoms with Crippen LogP contribution in [0, 0.1) is 6.92 Å². The molecule has 1 aromatic carbocycles. The van der Waals surface area contributed by atoms with Crippen molar-refractivity contribution in [1.82, 2.24) is 15.5 Å². The number of thiophene rings is 1. The second-order valence-electron chi connectivity index (χ2n) is 6.68. The summed E-state index contributed by atoms with van der Waals surface area (Å²) in [5, 5.41) is 5.21. The predicted octanol–water partition coefficient (Wildman–Crippen LogP) is 3.61. The van der Waals surface area contributed by atoms with Gasteiger partial charge in [0.05, 0.1) is 6.04 Å². The minimum Gasteiger partial charge on any atom is -0.334 e. The Morgan fingerprint density at radius 3 is 2.69 bits per heavy atom. The highest BCUT2D eigenvalue weighted by molar-refractivity contribution is 7.12. The second kappa shape index (κ2) is 8.47. The number of nitrogens with one attached hydrogen (secondary N) is 2. The van der Waals surface area contributed by atoms with Crippen molar-refractivity contribution in [3.63, 3.8) is 0 Å². The van der Waals surface area contributed by atoms with Crippen LogP contribution in [0.2, 0.25) is 0 Å². The van der Waals surface area contributed by atoms with E-state index in [9.17, 15) is 9.59 Å². The van der Waals surface area contributed by atoms with E-state index < -0.39 is 6.03 Å². The monoisotopic (exact) mass is 371 g/mol. The van der Waals surface area contributed by atoms with Gasteiger partial charge in [-0.15, -0.1) is 11.3 Å². The van der Waals surface area contributed by atoms with Crippen molar-refractivity contribution in [2.75, 3.05) is 6.54 Å². The van der Waals surface area contributed by atoms with Crippen LogP contribution in [0.5, 0.6) is 0 Å². The van der Waals surface area contributed by atoms with E-state index in [-0.39, 0.29) is 18.0 Å². The molecule has 6 heteroatoms. The first-order valence-corrected chi connectivity index (χ1v) is 9.81. The number of aryl methyl sites for hydroxylation is 1. The molecule has 0 bridgehead atoms. The molecule has 0 aliphatic carbocycles. The van der Waals surface area contributed by atoms with Gasteiger partial charge in [-0.3, -0.25) is 15.0 Å². The molecule has 1 saturated heterocycles. The van der Waals surface area contributed by atoms with Gasteiger partial charge in [0.2, 0.25) is 5.91 Å². The second-order valence-corrected chi connectivity index (χ2v) is 8.00. The molecule has 1 aliphatic rings. The molecular formula is C20H25N3O2S. The number of hydrogen-bond donors (Lipinski definition) is 2. The normalized spacial score (nSPS) is 18.5. The highest BCUT2D eigenvalue weighted by Crippen LogP contribution is 2.36. The summed E-state index contributed by atoms with van der Waals surface area (Å²) in [5.74, 6) is -0.254. The molecule has 0 spiro atoms. The summed E-state index contributed by atoms with van der Waals surface area (Å²) in [4.78, 5) is 29.3.